The first-order chi connectivity index (χ1) is 13.1. The molecule has 2 aromatic heterocycles. The fourth-order valence-electron chi connectivity index (χ4n) is 1.79. The van der Waals surface area contributed by atoms with Gasteiger partial charge in [-0.2, -0.15) is 0 Å². The van der Waals surface area contributed by atoms with Crippen LogP contribution in [-0.4, -0.2) is 68.0 Å². The van der Waals surface area contributed by atoms with Gasteiger partial charge in [-0.3, -0.25) is 19.2 Å². The number of amides is 2. The van der Waals surface area contributed by atoms with E-state index in [1.807, 2.05) is 0 Å². The van der Waals surface area contributed by atoms with Crippen molar-refractivity contribution in [3.63, 3.8) is 0 Å². The Labute approximate surface area is 154 Å². The number of carboxylic acid groups (broad SMARTS) is 2. The van der Waals surface area contributed by atoms with Gasteiger partial charge in [0.05, 0.1) is 12.7 Å². The zero-order chi connectivity index (χ0) is 20.3. The Morgan fingerprint density at radius 1 is 0.889 bits per heavy atom. The minimum atomic E-state index is -0.284. The molecule has 0 radical (unpaired) electrons. The molecule has 2 heterocycles. The van der Waals surface area contributed by atoms with Crippen LogP contribution < -0.4 is 10.6 Å². The van der Waals surface area contributed by atoms with Gasteiger partial charge in [0.2, 0.25) is 11.8 Å². The molecule has 12 heteroatoms. The van der Waals surface area contributed by atoms with Crippen LogP contribution in [0.25, 0.3) is 0 Å². The van der Waals surface area contributed by atoms with Gasteiger partial charge in [0.25, 0.3) is 12.9 Å². The molecule has 0 aliphatic carbocycles. The van der Waals surface area contributed by atoms with E-state index in [-0.39, 0.29) is 31.2 Å². The zero-order valence-corrected chi connectivity index (χ0v) is 14.4. The summed E-state index contributed by atoms with van der Waals surface area (Å²) >= 11 is 0. The number of imidazole rings is 2. The number of carbonyl (C=O) groups is 4. The zero-order valence-electron chi connectivity index (χ0n) is 14.4. The van der Waals surface area contributed by atoms with Gasteiger partial charge < -0.3 is 30.8 Å². The van der Waals surface area contributed by atoms with Crippen molar-refractivity contribution in [2.45, 2.75) is 19.3 Å². The summed E-state index contributed by atoms with van der Waals surface area (Å²) in [5.41, 5.74) is 1.89. The van der Waals surface area contributed by atoms with Crippen molar-refractivity contribution < 1.29 is 29.4 Å². The van der Waals surface area contributed by atoms with Crippen molar-refractivity contribution in [3.8, 4) is 0 Å². The number of H-pyrrole nitrogens is 2. The molecule has 6 N–H and O–H groups in total. The summed E-state index contributed by atoms with van der Waals surface area (Å²) in [4.78, 5) is 53.5. The predicted molar refractivity (Wildman–Crippen MR) is 92.6 cm³/mol. The molecule has 0 bridgehead atoms. The number of aromatic nitrogens is 4. The molecule has 2 amide bonds. The average molecular weight is 382 g/mol. The van der Waals surface area contributed by atoms with Gasteiger partial charge in [-0.1, -0.05) is 0 Å². The maximum absolute atomic E-state index is 11.6. The minimum Gasteiger partial charge on any atom is -0.483 e. The third-order valence-corrected chi connectivity index (χ3v) is 2.86. The van der Waals surface area contributed by atoms with Crippen LogP contribution in [0.1, 0.15) is 17.8 Å². The molecule has 2 aromatic rings. The van der Waals surface area contributed by atoms with Crippen molar-refractivity contribution in [1.29, 1.82) is 0 Å². The smallest absolute Gasteiger partial charge is 0.290 e. The minimum absolute atomic E-state index is 0.161. The van der Waals surface area contributed by atoms with E-state index in [1.54, 1.807) is 25.0 Å². The first-order valence-electron chi connectivity index (χ1n) is 7.70. The van der Waals surface area contributed by atoms with Gasteiger partial charge >= 0.3 is 0 Å². The fourth-order valence-corrected chi connectivity index (χ4v) is 1.79. The lowest BCUT2D eigenvalue weighted by atomic mass is 10.3. The molecule has 0 unspecified atom stereocenters. The van der Waals surface area contributed by atoms with Crippen LogP contribution in [-0.2, 0) is 32.0 Å². The number of hydrogen-bond donors (Lipinski definition) is 6. The van der Waals surface area contributed by atoms with E-state index < -0.39 is 0 Å². The molecule has 0 aliphatic rings. The van der Waals surface area contributed by atoms with E-state index >= 15 is 0 Å². The molecular weight excluding hydrogens is 360 g/mol. The van der Waals surface area contributed by atoms with Crippen LogP contribution in [0, 0.1) is 0 Å². The summed E-state index contributed by atoms with van der Waals surface area (Å²) in [6.07, 6.45) is 7.74. The van der Waals surface area contributed by atoms with E-state index in [0.717, 1.165) is 11.4 Å². The number of hydrogen-bond acceptors (Lipinski definition) is 6. The van der Waals surface area contributed by atoms with Crippen molar-refractivity contribution in [3.05, 3.63) is 36.4 Å². The van der Waals surface area contributed by atoms with Crippen molar-refractivity contribution in [1.82, 2.24) is 30.6 Å². The largest absolute Gasteiger partial charge is 0.483 e. The fraction of sp³-hybridized carbons (Fsp3) is 0.333. The van der Waals surface area contributed by atoms with E-state index in [0.29, 0.717) is 25.9 Å². The molecule has 0 saturated carbocycles. The molecular formula is C15H22N6O6. The number of nitrogens with one attached hydrogen (secondary N) is 4. The predicted octanol–water partition coefficient (Wildman–Crippen LogP) is -1.06. The first kappa shape index (κ1) is 23.3. The highest BCUT2D eigenvalue weighted by Crippen LogP contribution is 1.92. The van der Waals surface area contributed by atoms with E-state index in [4.69, 9.17) is 19.8 Å². The third kappa shape index (κ3) is 13.3. The van der Waals surface area contributed by atoms with Gasteiger partial charge in [-0.25, -0.2) is 9.97 Å². The first-order valence-corrected chi connectivity index (χ1v) is 7.70. The SMILES string of the molecule is O=C(CC(=O)NCCc1cnc[nH]1)NCCc1cnc[nH]1.O=CO.O=CO. The average Bonchev–Trinajstić information content (AvgIpc) is 3.30. The van der Waals surface area contributed by atoms with Crippen LogP contribution in [0.15, 0.2) is 25.0 Å². The second-order valence-corrected chi connectivity index (χ2v) is 4.74. The summed E-state index contributed by atoms with van der Waals surface area (Å²) in [5.74, 6) is -0.567. The number of carbonyl (C=O) groups excluding carboxylic acids is 2. The maximum atomic E-state index is 11.6. The quantitative estimate of drug-likeness (QED) is 0.246. The van der Waals surface area contributed by atoms with Crippen molar-refractivity contribution in [2.24, 2.45) is 0 Å². The van der Waals surface area contributed by atoms with Crippen molar-refractivity contribution >= 4 is 24.8 Å². The molecule has 0 saturated heterocycles. The molecule has 27 heavy (non-hydrogen) atoms. The topological polar surface area (TPSA) is 190 Å². The molecule has 148 valence electrons. The normalized spacial score (nSPS) is 8.89. The Hall–Kier alpha value is -3.70. The molecule has 0 spiro atoms. The van der Waals surface area contributed by atoms with Crippen LogP contribution >= 0.6 is 0 Å². The molecule has 0 aliphatic heterocycles. The Morgan fingerprint density at radius 3 is 1.56 bits per heavy atom. The number of rotatable bonds is 8. The number of nitrogens with zero attached hydrogens (tertiary/aromatic N) is 2. The van der Waals surface area contributed by atoms with Gasteiger partial charge in [0.15, 0.2) is 0 Å². The molecule has 0 fully saturated rings. The van der Waals surface area contributed by atoms with Crippen molar-refractivity contribution in [2.75, 3.05) is 13.1 Å². The summed E-state index contributed by atoms with van der Waals surface area (Å²) in [7, 11) is 0. The van der Waals surface area contributed by atoms with Gasteiger partial charge in [0, 0.05) is 49.7 Å². The number of aromatic amines is 2. The molecule has 0 atom stereocenters. The summed E-state index contributed by atoms with van der Waals surface area (Å²) < 4.78 is 0. The highest BCUT2D eigenvalue weighted by atomic mass is 16.3. The lowest BCUT2D eigenvalue weighted by Gasteiger charge is -2.05. The maximum Gasteiger partial charge on any atom is 0.290 e. The Kier molecular flexibility index (Phi) is 13.6. The highest BCUT2D eigenvalue weighted by molar-refractivity contribution is 5.96. The summed E-state index contributed by atoms with van der Waals surface area (Å²) in [6.45, 7) is 0.449. The molecule has 0 aromatic carbocycles. The van der Waals surface area contributed by atoms with Gasteiger partial charge in [0.1, 0.15) is 6.42 Å². The Morgan fingerprint density at radius 2 is 1.26 bits per heavy atom. The van der Waals surface area contributed by atoms with Gasteiger partial charge in [-0.05, 0) is 0 Å². The van der Waals surface area contributed by atoms with E-state index in [9.17, 15) is 9.59 Å². The lowest BCUT2D eigenvalue weighted by molar-refractivity contribution is -0.129. The molecule has 12 nitrogen and oxygen atoms in total. The third-order valence-electron chi connectivity index (χ3n) is 2.86. The summed E-state index contributed by atoms with van der Waals surface area (Å²) in [6, 6.07) is 0. The standard InChI is InChI=1S/C13H18N6O2.2CH2O2/c20-12(16-3-1-10-6-14-8-18-10)5-13(21)17-4-2-11-7-15-9-19-11;2*2-1-3/h6-9H,1-5H2,(H,14,18)(H,15,19)(H,16,20)(H,17,21);2*1H,(H,2,3). The lowest BCUT2D eigenvalue weighted by Crippen LogP contribution is -2.33. The van der Waals surface area contributed by atoms with Crippen LogP contribution in [0.5, 0.6) is 0 Å². The molecule has 2 rings (SSSR count). The monoisotopic (exact) mass is 382 g/mol. The second-order valence-electron chi connectivity index (χ2n) is 4.74. The van der Waals surface area contributed by atoms with Crippen LogP contribution in [0.2, 0.25) is 0 Å². The summed E-state index contributed by atoms with van der Waals surface area (Å²) in [5, 5.41) is 19.2. The van der Waals surface area contributed by atoms with E-state index in [2.05, 4.69) is 30.6 Å². The van der Waals surface area contributed by atoms with Gasteiger partial charge in [-0.15, -0.1) is 0 Å². The Bertz CT molecular complexity index is 588. The van der Waals surface area contributed by atoms with Crippen LogP contribution in [0.4, 0.5) is 0 Å². The van der Waals surface area contributed by atoms with Crippen LogP contribution in [0.3, 0.4) is 0 Å². The highest BCUT2D eigenvalue weighted by Gasteiger charge is 2.08. The second kappa shape index (κ2) is 15.8. The Balaban J connectivity index is 0.000000997. The van der Waals surface area contributed by atoms with E-state index in [1.165, 1.54) is 0 Å².